The van der Waals surface area contributed by atoms with Crippen molar-refractivity contribution < 1.29 is 13.2 Å². The van der Waals surface area contributed by atoms with Gasteiger partial charge >= 0.3 is 6.18 Å². The molecule has 0 fully saturated rings. The van der Waals surface area contributed by atoms with E-state index in [-0.39, 0.29) is 6.42 Å². The van der Waals surface area contributed by atoms with Crippen LogP contribution in [0.15, 0.2) is 0 Å². The number of alkyl halides is 3. The predicted molar refractivity (Wildman–Crippen MR) is 50.4 cm³/mol. The molecule has 0 radical (unpaired) electrons. The van der Waals surface area contributed by atoms with Gasteiger partial charge in [0, 0.05) is 12.2 Å². The zero-order valence-corrected chi connectivity index (χ0v) is 8.39. The lowest BCUT2D eigenvalue weighted by Crippen LogP contribution is -2.06. The van der Waals surface area contributed by atoms with Crippen molar-refractivity contribution in [2.24, 2.45) is 5.14 Å². The Balaban J connectivity index is 3.00. The van der Waals surface area contributed by atoms with Crippen molar-refractivity contribution in [3.8, 4) is 0 Å². The third-order valence-corrected chi connectivity index (χ3v) is 2.25. The maximum atomic E-state index is 11.7. The van der Waals surface area contributed by atoms with Crippen LogP contribution in [0.5, 0.6) is 0 Å². The average molecular weight is 215 g/mol. The normalized spacial score (nSPS) is 12.0. The minimum Gasteiger partial charge on any atom is -0.278 e. The molecule has 0 rings (SSSR count). The smallest absolute Gasteiger partial charge is 0.278 e. The molecule has 13 heavy (non-hydrogen) atoms. The molecule has 0 saturated carbocycles. The molecule has 0 unspecified atom stereocenters. The quantitative estimate of drug-likeness (QED) is 0.519. The van der Waals surface area contributed by atoms with Gasteiger partial charge in [-0.25, -0.2) is 0 Å². The van der Waals surface area contributed by atoms with E-state index in [4.69, 9.17) is 5.14 Å². The van der Waals surface area contributed by atoms with Gasteiger partial charge in [-0.2, -0.15) is 13.2 Å². The summed E-state index contributed by atoms with van der Waals surface area (Å²) < 4.78 is 35.0. The Morgan fingerprint density at radius 1 is 0.923 bits per heavy atom. The first-order valence-electron chi connectivity index (χ1n) is 4.44. The van der Waals surface area contributed by atoms with Crippen LogP contribution in [0.2, 0.25) is 0 Å². The molecule has 2 N–H and O–H groups in total. The van der Waals surface area contributed by atoms with E-state index in [2.05, 4.69) is 0 Å². The zero-order valence-electron chi connectivity index (χ0n) is 7.57. The lowest BCUT2D eigenvalue weighted by molar-refractivity contribution is -0.135. The molecule has 0 aromatic rings. The van der Waals surface area contributed by atoms with E-state index < -0.39 is 12.6 Å². The van der Waals surface area contributed by atoms with Crippen LogP contribution in [0.4, 0.5) is 13.2 Å². The predicted octanol–water partition coefficient (Wildman–Crippen LogP) is 3.50. The first-order chi connectivity index (χ1) is 6.06. The molecular weight excluding hydrogens is 199 g/mol. The fourth-order valence-electron chi connectivity index (χ4n) is 1.04. The molecule has 0 aromatic heterocycles. The lowest BCUT2D eigenvalue weighted by Gasteiger charge is -2.05. The fourth-order valence-corrected chi connectivity index (χ4v) is 1.41. The molecule has 0 amide bonds. The number of halogens is 3. The molecule has 0 aromatic carbocycles. The van der Waals surface area contributed by atoms with E-state index in [9.17, 15) is 13.2 Å². The van der Waals surface area contributed by atoms with E-state index in [0.29, 0.717) is 6.42 Å². The van der Waals surface area contributed by atoms with Crippen LogP contribution >= 0.6 is 11.9 Å². The molecule has 0 heterocycles. The summed E-state index contributed by atoms with van der Waals surface area (Å²) in [6.07, 6.45) is -0.800. The summed E-state index contributed by atoms with van der Waals surface area (Å²) in [5, 5.41) is 5.19. The molecule has 5 heteroatoms. The summed E-state index contributed by atoms with van der Waals surface area (Å²) in [4.78, 5) is 0. The molecule has 0 saturated heterocycles. The second-order valence-electron chi connectivity index (χ2n) is 3.00. The summed E-state index contributed by atoms with van der Waals surface area (Å²) in [7, 11) is 0. The van der Waals surface area contributed by atoms with Gasteiger partial charge in [0.05, 0.1) is 0 Å². The summed E-state index contributed by atoms with van der Waals surface area (Å²) in [5.74, 6) is 0.902. The zero-order chi connectivity index (χ0) is 10.2. The Labute approximate surface area is 81.4 Å². The highest BCUT2D eigenvalue weighted by Gasteiger charge is 2.25. The van der Waals surface area contributed by atoms with Crippen LogP contribution in [-0.4, -0.2) is 11.9 Å². The van der Waals surface area contributed by atoms with E-state index in [0.717, 1.165) is 25.0 Å². The number of hydrogen-bond acceptors (Lipinski definition) is 2. The fraction of sp³-hybridized carbons (Fsp3) is 1.00. The van der Waals surface area contributed by atoms with Gasteiger partial charge in [-0.3, -0.25) is 5.14 Å². The van der Waals surface area contributed by atoms with E-state index >= 15 is 0 Å². The molecular formula is C8H16F3NS. The van der Waals surface area contributed by atoms with Crippen LogP contribution in [0.3, 0.4) is 0 Å². The summed E-state index contributed by atoms with van der Waals surface area (Å²) >= 11 is 1.29. The monoisotopic (exact) mass is 215 g/mol. The number of nitrogens with two attached hydrogens (primary N) is 1. The van der Waals surface area contributed by atoms with Crippen molar-refractivity contribution in [3.63, 3.8) is 0 Å². The summed E-state index contributed by atoms with van der Waals surface area (Å²) in [5.41, 5.74) is 0. The van der Waals surface area contributed by atoms with Gasteiger partial charge in [0.15, 0.2) is 0 Å². The van der Waals surface area contributed by atoms with Crippen molar-refractivity contribution in [1.82, 2.24) is 0 Å². The van der Waals surface area contributed by atoms with Crippen molar-refractivity contribution in [2.45, 2.75) is 44.7 Å². The topological polar surface area (TPSA) is 26.0 Å². The Hall–Kier alpha value is 0.100. The first-order valence-corrected chi connectivity index (χ1v) is 5.49. The molecule has 0 bridgehead atoms. The minimum atomic E-state index is -3.98. The molecule has 0 aliphatic heterocycles. The number of unbranched alkanes of at least 4 members (excludes halogenated alkanes) is 4. The molecule has 0 atom stereocenters. The van der Waals surface area contributed by atoms with Crippen LogP contribution in [-0.2, 0) is 0 Å². The van der Waals surface area contributed by atoms with Crippen molar-refractivity contribution in [1.29, 1.82) is 0 Å². The van der Waals surface area contributed by atoms with Gasteiger partial charge in [-0.15, -0.1) is 0 Å². The van der Waals surface area contributed by atoms with Gasteiger partial charge in [0.1, 0.15) is 0 Å². The van der Waals surface area contributed by atoms with Gasteiger partial charge in [-0.05, 0) is 12.8 Å². The Morgan fingerprint density at radius 2 is 1.46 bits per heavy atom. The van der Waals surface area contributed by atoms with E-state index in [1.807, 2.05) is 0 Å². The summed E-state index contributed by atoms with van der Waals surface area (Å²) in [6, 6.07) is 0. The second kappa shape index (κ2) is 7.50. The van der Waals surface area contributed by atoms with Gasteiger partial charge in [0.25, 0.3) is 0 Å². The second-order valence-corrected chi connectivity index (χ2v) is 3.75. The van der Waals surface area contributed by atoms with Crippen LogP contribution in [0.25, 0.3) is 0 Å². The maximum absolute atomic E-state index is 11.7. The molecule has 1 nitrogen and oxygen atoms in total. The SMILES string of the molecule is NSCCCCCCCC(F)(F)F. The molecule has 80 valence electrons. The third kappa shape index (κ3) is 12.1. The van der Waals surface area contributed by atoms with Gasteiger partial charge < -0.3 is 0 Å². The molecule has 0 spiro atoms. The van der Waals surface area contributed by atoms with Crippen molar-refractivity contribution in [3.05, 3.63) is 0 Å². The van der Waals surface area contributed by atoms with Crippen molar-refractivity contribution in [2.75, 3.05) is 5.75 Å². The molecule has 0 aliphatic carbocycles. The average Bonchev–Trinajstić information content (AvgIpc) is 2.01. The Bertz CT molecular complexity index is 116. The van der Waals surface area contributed by atoms with Gasteiger partial charge in [-0.1, -0.05) is 31.2 Å². The standard InChI is InChI=1S/C8H16F3NS/c9-8(10,11)6-4-2-1-3-5-7-13-12/h1-7,12H2. The Morgan fingerprint density at radius 3 is 2.00 bits per heavy atom. The highest BCUT2D eigenvalue weighted by Crippen LogP contribution is 2.22. The van der Waals surface area contributed by atoms with Gasteiger partial charge in [0.2, 0.25) is 0 Å². The van der Waals surface area contributed by atoms with Crippen LogP contribution in [0, 0.1) is 0 Å². The third-order valence-electron chi connectivity index (χ3n) is 1.72. The highest BCUT2D eigenvalue weighted by molar-refractivity contribution is 7.97. The van der Waals surface area contributed by atoms with Crippen LogP contribution in [0.1, 0.15) is 38.5 Å². The minimum absolute atomic E-state index is 0.263. The maximum Gasteiger partial charge on any atom is 0.389 e. The van der Waals surface area contributed by atoms with E-state index in [1.54, 1.807) is 0 Å². The van der Waals surface area contributed by atoms with E-state index in [1.165, 1.54) is 11.9 Å². The summed E-state index contributed by atoms with van der Waals surface area (Å²) in [6.45, 7) is 0. The Kier molecular flexibility index (Phi) is 7.56. The molecule has 0 aliphatic rings. The number of rotatable bonds is 7. The highest BCUT2D eigenvalue weighted by atomic mass is 32.2. The number of hydrogen-bond donors (Lipinski definition) is 1. The lowest BCUT2D eigenvalue weighted by atomic mass is 10.1. The largest absolute Gasteiger partial charge is 0.389 e. The van der Waals surface area contributed by atoms with Crippen molar-refractivity contribution >= 4 is 11.9 Å². The first kappa shape index (κ1) is 13.1. The van der Waals surface area contributed by atoms with Crippen LogP contribution < -0.4 is 5.14 Å².